The lowest BCUT2D eigenvalue weighted by Gasteiger charge is -2.54. The van der Waals surface area contributed by atoms with Gasteiger partial charge in [-0.2, -0.15) is 0 Å². The van der Waals surface area contributed by atoms with E-state index >= 15 is 0 Å². The van der Waals surface area contributed by atoms with E-state index in [-0.39, 0.29) is 5.41 Å². The van der Waals surface area contributed by atoms with E-state index in [2.05, 4.69) is 104 Å². The molecule has 4 rings (SSSR count). The molecule has 1 aromatic heterocycles. The summed E-state index contributed by atoms with van der Waals surface area (Å²) in [5, 5.41) is 8.89. The van der Waals surface area contributed by atoms with E-state index in [1.807, 2.05) is 6.33 Å². The summed E-state index contributed by atoms with van der Waals surface area (Å²) in [6.45, 7) is 13.5. The fraction of sp³-hybridized carbons (Fsp3) is 0.429. The summed E-state index contributed by atoms with van der Waals surface area (Å²) in [4.78, 5) is 0. The van der Waals surface area contributed by atoms with Gasteiger partial charge in [0.1, 0.15) is 6.33 Å². The Labute approximate surface area is 187 Å². The lowest BCUT2D eigenvalue weighted by atomic mass is 9.50. The molecule has 0 amide bonds. The fourth-order valence-electron chi connectivity index (χ4n) is 5.47. The van der Waals surface area contributed by atoms with E-state index in [1.54, 1.807) is 0 Å². The lowest BCUT2D eigenvalue weighted by Crippen LogP contribution is -2.46. The minimum absolute atomic E-state index is 0.00955. The SMILES string of the molecule is C=CC1(c2ccccc2-c2nncn2-c2cccc(C(C)CCC)c2)CC(C)(CC)C1. The van der Waals surface area contributed by atoms with Crippen LogP contribution in [-0.4, -0.2) is 14.8 Å². The van der Waals surface area contributed by atoms with Crippen LogP contribution >= 0.6 is 0 Å². The second-order valence-electron chi connectivity index (χ2n) is 9.73. The Kier molecular flexibility index (Phi) is 5.88. The van der Waals surface area contributed by atoms with Gasteiger partial charge in [0.2, 0.25) is 0 Å². The largest absolute Gasteiger partial charge is 0.282 e. The first-order valence-electron chi connectivity index (χ1n) is 11.7. The lowest BCUT2D eigenvalue weighted by molar-refractivity contribution is 0.0690. The summed E-state index contributed by atoms with van der Waals surface area (Å²) in [5.41, 5.74) is 5.36. The first-order valence-corrected chi connectivity index (χ1v) is 11.7. The van der Waals surface area contributed by atoms with Crippen molar-refractivity contribution in [3.8, 4) is 17.1 Å². The highest BCUT2D eigenvalue weighted by molar-refractivity contribution is 5.66. The monoisotopic (exact) mass is 413 g/mol. The Bertz CT molecular complexity index is 1060. The highest BCUT2D eigenvalue weighted by Gasteiger charge is 2.50. The van der Waals surface area contributed by atoms with Gasteiger partial charge in [-0.3, -0.25) is 4.57 Å². The van der Waals surface area contributed by atoms with Gasteiger partial charge in [0, 0.05) is 16.7 Å². The Morgan fingerprint density at radius 3 is 2.61 bits per heavy atom. The van der Waals surface area contributed by atoms with E-state index in [1.165, 1.54) is 30.4 Å². The molecule has 0 bridgehead atoms. The van der Waals surface area contributed by atoms with Crippen molar-refractivity contribution in [2.75, 3.05) is 0 Å². The highest BCUT2D eigenvalue weighted by Crippen LogP contribution is 2.59. The molecular formula is C28H35N3. The van der Waals surface area contributed by atoms with Gasteiger partial charge in [0.05, 0.1) is 0 Å². The van der Waals surface area contributed by atoms with Gasteiger partial charge < -0.3 is 0 Å². The molecule has 3 aromatic rings. The normalized spacial score (nSPS) is 23.9. The molecule has 162 valence electrons. The van der Waals surface area contributed by atoms with Crippen LogP contribution in [0.4, 0.5) is 0 Å². The Hall–Kier alpha value is -2.68. The maximum absolute atomic E-state index is 4.58. The molecule has 0 aliphatic heterocycles. The molecule has 3 nitrogen and oxygen atoms in total. The van der Waals surface area contributed by atoms with Crippen LogP contribution in [0, 0.1) is 5.41 Å². The third kappa shape index (κ3) is 3.86. The van der Waals surface area contributed by atoms with E-state index in [4.69, 9.17) is 0 Å². The number of benzene rings is 2. The Balaban J connectivity index is 1.76. The van der Waals surface area contributed by atoms with Crippen molar-refractivity contribution in [3.05, 3.63) is 78.6 Å². The maximum atomic E-state index is 4.58. The standard InChI is InChI=1S/C28H35N3/c1-6-12-21(4)22-13-11-14-23(17-22)31-20-29-30-26(31)24-15-9-10-16-25(24)28(8-3)18-27(5,7-2)19-28/h8-11,13-17,20-21H,3,6-7,12,18-19H2,1-2,4-5H3. The van der Waals surface area contributed by atoms with Crippen LogP contribution in [0.3, 0.4) is 0 Å². The number of hydrogen-bond donors (Lipinski definition) is 0. The van der Waals surface area contributed by atoms with E-state index in [9.17, 15) is 0 Å². The molecule has 1 atom stereocenters. The minimum Gasteiger partial charge on any atom is -0.282 e. The summed E-state index contributed by atoms with van der Waals surface area (Å²) in [6.07, 6.45) is 9.86. The second kappa shape index (κ2) is 8.45. The summed E-state index contributed by atoms with van der Waals surface area (Å²) in [7, 11) is 0. The number of aromatic nitrogens is 3. The third-order valence-corrected chi connectivity index (χ3v) is 7.42. The van der Waals surface area contributed by atoms with Gasteiger partial charge in [-0.25, -0.2) is 0 Å². The molecule has 0 radical (unpaired) electrons. The molecule has 1 aliphatic rings. The zero-order chi connectivity index (χ0) is 22.1. The number of allylic oxidation sites excluding steroid dienone is 1. The molecule has 0 N–H and O–H groups in total. The van der Waals surface area contributed by atoms with Crippen molar-refractivity contribution in [2.24, 2.45) is 5.41 Å². The van der Waals surface area contributed by atoms with Crippen LogP contribution in [0.25, 0.3) is 17.1 Å². The predicted octanol–water partition coefficient (Wildman–Crippen LogP) is 7.47. The van der Waals surface area contributed by atoms with Crippen molar-refractivity contribution in [1.29, 1.82) is 0 Å². The van der Waals surface area contributed by atoms with Crippen molar-refractivity contribution >= 4 is 0 Å². The van der Waals surface area contributed by atoms with Gasteiger partial charge >= 0.3 is 0 Å². The van der Waals surface area contributed by atoms with Crippen LogP contribution in [0.1, 0.15) is 76.8 Å². The zero-order valence-corrected chi connectivity index (χ0v) is 19.4. The van der Waals surface area contributed by atoms with Crippen LogP contribution in [0.2, 0.25) is 0 Å². The quantitative estimate of drug-likeness (QED) is 0.359. The summed E-state index contributed by atoms with van der Waals surface area (Å²) in [5.74, 6) is 1.45. The second-order valence-corrected chi connectivity index (χ2v) is 9.73. The molecule has 2 aromatic carbocycles. The van der Waals surface area contributed by atoms with Crippen molar-refractivity contribution in [3.63, 3.8) is 0 Å². The van der Waals surface area contributed by atoms with Gasteiger partial charge in [0.25, 0.3) is 0 Å². The molecular weight excluding hydrogens is 378 g/mol. The van der Waals surface area contributed by atoms with Gasteiger partial charge in [-0.05, 0) is 53.9 Å². The fourth-order valence-corrected chi connectivity index (χ4v) is 5.47. The van der Waals surface area contributed by atoms with Crippen molar-refractivity contribution < 1.29 is 0 Å². The summed E-state index contributed by atoms with van der Waals surface area (Å²) in [6, 6.07) is 17.5. The average Bonchev–Trinajstić information content (AvgIpc) is 3.27. The molecule has 0 saturated heterocycles. The van der Waals surface area contributed by atoms with Gasteiger partial charge in [-0.15, -0.1) is 16.8 Å². The highest BCUT2D eigenvalue weighted by atomic mass is 15.3. The van der Waals surface area contributed by atoms with E-state index in [0.717, 1.165) is 29.9 Å². The molecule has 1 saturated carbocycles. The van der Waals surface area contributed by atoms with E-state index in [0.29, 0.717) is 11.3 Å². The predicted molar refractivity (Wildman–Crippen MR) is 130 cm³/mol. The number of nitrogens with zero attached hydrogens (tertiary/aromatic N) is 3. The molecule has 3 heteroatoms. The van der Waals surface area contributed by atoms with Crippen LogP contribution in [0.15, 0.2) is 67.5 Å². The van der Waals surface area contributed by atoms with Gasteiger partial charge in [0.15, 0.2) is 5.82 Å². The molecule has 1 unspecified atom stereocenters. The Morgan fingerprint density at radius 2 is 1.90 bits per heavy atom. The molecule has 1 heterocycles. The van der Waals surface area contributed by atoms with Gasteiger partial charge in [-0.1, -0.05) is 83.0 Å². The molecule has 0 spiro atoms. The maximum Gasteiger partial charge on any atom is 0.168 e. The summed E-state index contributed by atoms with van der Waals surface area (Å²) < 4.78 is 2.13. The average molecular weight is 414 g/mol. The molecule has 1 aliphatic carbocycles. The third-order valence-electron chi connectivity index (χ3n) is 7.42. The van der Waals surface area contributed by atoms with Crippen LogP contribution in [-0.2, 0) is 5.41 Å². The first kappa shape index (κ1) is 21.5. The Morgan fingerprint density at radius 1 is 1.13 bits per heavy atom. The number of hydrogen-bond acceptors (Lipinski definition) is 2. The summed E-state index contributed by atoms with van der Waals surface area (Å²) >= 11 is 0. The smallest absolute Gasteiger partial charge is 0.168 e. The minimum atomic E-state index is 0.00955. The number of rotatable bonds is 8. The van der Waals surface area contributed by atoms with Crippen molar-refractivity contribution in [2.45, 2.75) is 71.1 Å². The molecule has 1 fully saturated rings. The van der Waals surface area contributed by atoms with Crippen molar-refractivity contribution in [1.82, 2.24) is 14.8 Å². The van der Waals surface area contributed by atoms with Crippen LogP contribution < -0.4 is 0 Å². The zero-order valence-electron chi connectivity index (χ0n) is 19.4. The molecule has 31 heavy (non-hydrogen) atoms. The topological polar surface area (TPSA) is 30.7 Å². The van der Waals surface area contributed by atoms with Crippen LogP contribution in [0.5, 0.6) is 0 Å². The first-order chi connectivity index (χ1) is 14.9. The van der Waals surface area contributed by atoms with E-state index < -0.39 is 0 Å².